The number of amides is 1. The number of nitrogens with one attached hydrogen (secondary N) is 2. The van der Waals surface area contributed by atoms with Crippen molar-refractivity contribution in [1.82, 2.24) is 5.32 Å². The predicted octanol–water partition coefficient (Wildman–Crippen LogP) is 2.75. The fraction of sp³-hybridized carbons (Fsp3) is 0.350. The van der Waals surface area contributed by atoms with Gasteiger partial charge in [0.1, 0.15) is 11.5 Å². The fourth-order valence-electron chi connectivity index (χ4n) is 2.83. The molecule has 1 saturated heterocycles. The van der Waals surface area contributed by atoms with Crippen molar-refractivity contribution in [3.63, 3.8) is 0 Å². The van der Waals surface area contributed by atoms with Gasteiger partial charge in [-0.3, -0.25) is 4.79 Å². The van der Waals surface area contributed by atoms with Gasteiger partial charge >= 0.3 is 0 Å². The summed E-state index contributed by atoms with van der Waals surface area (Å²) in [5, 5.41) is 15.3. The minimum atomic E-state index is -0.456. The van der Waals surface area contributed by atoms with Crippen LogP contribution >= 0.6 is 12.4 Å². The SMILES string of the molecule is COCCc1ccc(Oc2ccc(NC(=O)C3CC(O)CN3)cc2)cc1.Cl. The number of aliphatic hydroxyl groups is 1. The molecule has 0 saturated carbocycles. The zero-order valence-electron chi connectivity index (χ0n) is 15.2. The molecule has 0 aromatic heterocycles. The van der Waals surface area contributed by atoms with E-state index in [1.807, 2.05) is 36.4 Å². The highest BCUT2D eigenvalue weighted by Gasteiger charge is 2.27. The van der Waals surface area contributed by atoms with Gasteiger partial charge in [-0.05, 0) is 54.8 Å². The molecule has 1 heterocycles. The van der Waals surface area contributed by atoms with Gasteiger partial charge in [0.05, 0.1) is 18.8 Å². The number of anilines is 1. The number of benzene rings is 2. The number of aliphatic hydroxyl groups excluding tert-OH is 1. The van der Waals surface area contributed by atoms with E-state index in [2.05, 4.69) is 10.6 Å². The number of halogens is 1. The maximum atomic E-state index is 12.1. The highest BCUT2D eigenvalue weighted by molar-refractivity contribution is 5.95. The number of rotatable bonds is 7. The Hall–Kier alpha value is -2.12. The zero-order chi connectivity index (χ0) is 18.4. The Morgan fingerprint density at radius 3 is 2.33 bits per heavy atom. The molecule has 6 nitrogen and oxygen atoms in total. The normalized spacial score (nSPS) is 18.6. The van der Waals surface area contributed by atoms with Crippen molar-refractivity contribution in [2.45, 2.75) is 25.0 Å². The molecule has 2 aromatic rings. The molecule has 0 radical (unpaired) electrons. The van der Waals surface area contributed by atoms with E-state index in [9.17, 15) is 9.90 Å². The van der Waals surface area contributed by atoms with E-state index in [1.54, 1.807) is 19.2 Å². The maximum Gasteiger partial charge on any atom is 0.241 e. The summed E-state index contributed by atoms with van der Waals surface area (Å²) in [4.78, 5) is 12.1. The monoisotopic (exact) mass is 392 g/mol. The number of ether oxygens (including phenoxy) is 2. The lowest BCUT2D eigenvalue weighted by Gasteiger charge is -2.12. The Bertz CT molecular complexity index is 722. The third-order valence-electron chi connectivity index (χ3n) is 4.30. The molecule has 1 aliphatic heterocycles. The van der Waals surface area contributed by atoms with Crippen LogP contribution in [0.4, 0.5) is 5.69 Å². The van der Waals surface area contributed by atoms with Gasteiger partial charge in [-0.1, -0.05) is 12.1 Å². The fourth-order valence-corrected chi connectivity index (χ4v) is 2.83. The van der Waals surface area contributed by atoms with Crippen LogP contribution in [-0.2, 0) is 16.0 Å². The quantitative estimate of drug-likeness (QED) is 0.675. The maximum absolute atomic E-state index is 12.1. The van der Waals surface area contributed by atoms with Crippen LogP contribution < -0.4 is 15.4 Å². The summed E-state index contributed by atoms with van der Waals surface area (Å²) in [5.74, 6) is 1.32. The average molecular weight is 393 g/mol. The highest BCUT2D eigenvalue weighted by atomic mass is 35.5. The molecule has 0 bridgehead atoms. The Labute approximate surface area is 165 Å². The molecule has 27 heavy (non-hydrogen) atoms. The van der Waals surface area contributed by atoms with Crippen molar-refractivity contribution in [2.24, 2.45) is 0 Å². The van der Waals surface area contributed by atoms with Gasteiger partial charge in [0.15, 0.2) is 0 Å². The first-order valence-electron chi connectivity index (χ1n) is 8.72. The van der Waals surface area contributed by atoms with Crippen LogP contribution in [0.15, 0.2) is 48.5 Å². The van der Waals surface area contributed by atoms with Gasteiger partial charge in [0, 0.05) is 19.3 Å². The second-order valence-corrected chi connectivity index (χ2v) is 6.35. The van der Waals surface area contributed by atoms with Gasteiger partial charge in [-0.2, -0.15) is 0 Å². The Kier molecular flexibility index (Phi) is 8.06. The summed E-state index contributed by atoms with van der Waals surface area (Å²) in [6.45, 7) is 1.15. The number of hydrogen-bond donors (Lipinski definition) is 3. The molecular formula is C20H25ClN2O4. The van der Waals surface area contributed by atoms with Gasteiger partial charge in [0.25, 0.3) is 0 Å². The molecule has 1 amide bonds. The van der Waals surface area contributed by atoms with E-state index in [0.717, 1.165) is 12.2 Å². The summed E-state index contributed by atoms with van der Waals surface area (Å²) in [6, 6.07) is 14.8. The molecule has 2 atom stereocenters. The molecule has 2 unspecified atom stereocenters. The highest BCUT2D eigenvalue weighted by Crippen LogP contribution is 2.23. The summed E-state index contributed by atoms with van der Waals surface area (Å²) in [7, 11) is 1.69. The largest absolute Gasteiger partial charge is 0.457 e. The van der Waals surface area contributed by atoms with Gasteiger partial charge in [0.2, 0.25) is 5.91 Å². The molecule has 7 heteroatoms. The van der Waals surface area contributed by atoms with E-state index < -0.39 is 6.10 Å². The average Bonchev–Trinajstić information content (AvgIpc) is 3.09. The number of β-amino-alcohol motifs (C(OH)–C–C–N with tert-alkyl or cyclic N) is 1. The Morgan fingerprint density at radius 2 is 1.78 bits per heavy atom. The standard InChI is InChI=1S/C20H24N2O4.ClH/c1-25-11-10-14-2-6-17(7-3-14)26-18-8-4-15(5-9-18)22-20(24)19-12-16(23)13-21-19;/h2-9,16,19,21,23H,10-13H2,1H3,(H,22,24);1H. The minimum absolute atomic E-state index is 0. The number of carbonyl (C=O) groups is 1. The molecule has 3 N–H and O–H groups in total. The van der Waals surface area contributed by atoms with Gasteiger partial charge in [-0.15, -0.1) is 12.4 Å². The second kappa shape index (κ2) is 10.3. The van der Waals surface area contributed by atoms with Gasteiger partial charge in [-0.25, -0.2) is 0 Å². The molecule has 2 aromatic carbocycles. The van der Waals surface area contributed by atoms with E-state index in [0.29, 0.717) is 31.0 Å². The molecule has 0 aliphatic carbocycles. The third kappa shape index (κ3) is 6.22. The van der Waals surface area contributed by atoms with E-state index in [4.69, 9.17) is 9.47 Å². The summed E-state index contributed by atoms with van der Waals surface area (Å²) >= 11 is 0. The number of methoxy groups -OCH3 is 1. The lowest BCUT2D eigenvalue weighted by molar-refractivity contribution is -0.117. The number of hydrogen-bond acceptors (Lipinski definition) is 5. The second-order valence-electron chi connectivity index (χ2n) is 6.35. The molecular weight excluding hydrogens is 368 g/mol. The van der Waals surface area contributed by atoms with Crippen molar-refractivity contribution in [3.05, 3.63) is 54.1 Å². The molecule has 0 spiro atoms. The van der Waals surface area contributed by atoms with Crippen LogP contribution in [0, 0.1) is 0 Å². The van der Waals surface area contributed by atoms with Crippen LogP contribution in [0.3, 0.4) is 0 Å². The summed E-state index contributed by atoms with van der Waals surface area (Å²) in [6.07, 6.45) is 0.855. The van der Waals surface area contributed by atoms with Crippen molar-refractivity contribution < 1.29 is 19.4 Å². The van der Waals surface area contributed by atoms with Crippen molar-refractivity contribution >= 4 is 24.0 Å². The third-order valence-corrected chi connectivity index (χ3v) is 4.30. The van der Waals surface area contributed by atoms with E-state index in [-0.39, 0.29) is 24.4 Å². The first-order valence-corrected chi connectivity index (χ1v) is 8.72. The topological polar surface area (TPSA) is 79.8 Å². The Morgan fingerprint density at radius 1 is 1.15 bits per heavy atom. The molecule has 1 aliphatic rings. The molecule has 146 valence electrons. The minimum Gasteiger partial charge on any atom is -0.457 e. The lowest BCUT2D eigenvalue weighted by atomic mass is 10.1. The van der Waals surface area contributed by atoms with Gasteiger partial charge < -0.3 is 25.2 Å². The lowest BCUT2D eigenvalue weighted by Crippen LogP contribution is -2.35. The zero-order valence-corrected chi connectivity index (χ0v) is 16.0. The predicted molar refractivity (Wildman–Crippen MR) is 107 cm³/mol. The van der Waals surface area contributed by atoms with Crippen molar-refractivity contribution in [3.8, 4) is 11.5 Å². The number of carbonyl (C=O) groups excluding carboxylic acids is 1. The van der Waals surface area contributed by atoms with Crippen LogP contribution in [0.25, 0.3) is 0 Å². The molecule has 3 rings (SSSR count). The van der Waals surface area contributed by atoms with E-state index >= 15 is 0 Å². The Balaban J connectivity index is 0.00000261. The summed E-state index contributed by atoms with van der Waals surface area (Å²) < 4.78 is 10.9. The van der Waals surface area contributed by atoms with Crippen LogP contribution in [0.5, 0.6) is 11.5 Å². The van der Waals surface area contributed by atoms with Crippen LogP contribution in [0.1, 0.15) is 12.0 Å². The summed E-state index contributed by atoms with van der Waals surface area (Å²) in [5.41, 5.74) is 1.89. The van der Waals surface area contributed by atoms with E-state index in [1.165, 1.54) is 5.56 Å². The van der Waals surface area contributed by atoms with Crippen LogP contribution in [0.2, 0.25) is 0 Å². The smallest absolute Gasteiger partial charge is 0.241 e. The van der Waals surface area contributed by atoms with Crippen LogP contribution in [-0.4, -0.2) is 43.4 Å². The first-order chi connectivity index (χ1) is 12.6. The molecule has 1 fully saturated rings. The first kappa shape index (κ1) is 21.2. The van der Waals surface area contributed by atoms with Crippen molar-refractivity contribution in [1.29, 1.82) is 0 Å². The van der Waals surface area contributed by atoms with Crippen molar-refractivity contribution in [2.75, 3.05) is 25.6 Å².